The molecule has 25 heavy (non-hydrogen) atoms. The topological polar surface area (TPSA) is 98.0 Å². The van der Waals surface area contributed by atoms with Crippen molar-refractivity contribution >= 4 is 23.2 Å². The molecule has 0 saturated heterocycles. The number of carbonyl (C=O) groups is 2. The van der Waals surface area contributed by atoms with Crippen molar-refractivity contribution in [2.75, 3.05) is 0 Å². The van der Waals surface area contributed by atoms with Crippen LogP contribution in [-0.2, 0) is 16.0 Å². The Kier molecular flexibility index (Phi) is 5.15. The molecule has 0 aliphatic heterocycles. The van der Waals surface area contributed by atoms with Crippen molar-refractivity contribution in [2.45, 2.75) is 12.5 Å². The van der Waals surface area contributed by atoms with E-state index in [1.807, 2.05) is 23.6 Å². The molecule has 3 rings (SSSR count). The number of amides is 2. The Hall–Kier alpha value is -3.06. The third kappa shape index (κ3) is 4.27. The van der Waals surface area contributed by atoms with Gasteiger partial charge in [0.2, 0.25) is 11.8 Å². The van der Waals surface area contributed by atoms with Crippen LogP contribution in [0.3, 0.4) is 0 Å². The van der Waals surface area contributed by atoms with Gasteiger partial charge < -0.3 is 11.1 Å². The molecule has 0 fully saturated rings. The summed E-state index contributed by atoms with van der Waals surface area (Å²) in [6.45, 7) is 0. The van der Waals surface area contributed by atoms with Crippen molar-refractivity contribution in [2.24, 2.45) is 5.73 Å². The zero-order valence-electron chi connectivity index (χ0n) is 13.3. The van der Waals surface area contributed by atoms with Gasteiger partial charge in [0.15, 0.2) is 0 Å². The van der Waals surface area contributed by atoms with Gasteiger partial charge in [0.05, 0.1) is 12.1 Å². The van der Waals surface area contributed by atoms with Crippen LogP contribution >= 0.6 is 11.3 Å². The molecule has 3 aromatic rings. The van der Waals surface area contributed by atoms with Crippen LogP contribution in [0.4, 0.5) is 0 Å². The van der Waals surface area contributed by atoms with Crippen LogP contribution in [-0.4, -0.2) is 21.8 Å². The van der Waals surface area contributed by atoms with Crippen molar-refractivity contribution < 1.29 is 9.59 Å². The fourth-order valence-corrected chi connectivity index (χ4v) is 3.16. The quantitative estimate of drug-likeness (QED) is 0.710. The Morgan fingerprint density at radius 2 is 1.96 bits per heavy atom. The summed E-state index contributed by atoms with van der Waals surface area (Å²) in [7, 11) is 0. The average molecular weight is 352 g/mol. The van der Waals surface area contributed by atoms with E-state index in [-0.39, 0.29) is 12.3 Å². The van der Waals surface area contributed by atoms with E-state index in [1.54, 1.807) is 36.7 Å². The summed E-state index contributed by atoms with van der Waals surface area (Å²) in [6.07, 6.45) is 3.49. The van der Waals surface area contributed by atoms with Crippen molar-refractivity contribution in [1.82, 2.24) is 15.3 Å². The van der Waals surface area contributed by atoms with Crippen molar-refractivity contribution in [1.29, 1.82) is 0 Å². The first-order valence-corrected chi connectivity index (χ1v) is 8.50. The smallest absolute Gasteiger partial charge is 0.244 e. The highest BCUT2D eigenvalue weighted by Gasteiger charge is 2.20. The van der Waals surface area contributed by atoms with Crippen LogP contribution in [0.2, 0.25) is 0 Å². The summed E-state index contributed by atoms with van der Waals surface area (Å²) in [6, 6.07) is 11.8. The summed E-state index contributed by atoms with van der Waals surface area (Å²) in [5.74, 6) is -0.912. The maximum absolute atomic E-state index is 12.3. The second kappa shape index (κ2) is 7.67. The van der Waals surface area contributed by atoms with Gasteiger partial charge in [-0.25, -0.2) is 4.98 Å². The van der Waals surface area contributed by atoms with E-state index in [2.05, 4.69) is 15.3 Å². The normalized spacial score (nSPS) is 11.7. The first-order chi connectivity index (χ1) is 12.1. The fraction of sp³-hybridized carbons (Fsp3) is 0.111. The Morgan fingerprint density at radius 1 is 1.16 bits per heavy atom. The molecule has 126 valence electrons. The second-order valence-corrected chi connectivity index (χ2v) is 6.23. The number of pyridine rings is 1. The monoisotopic (exact) mass is 352 g/mol. The van der Waals surface area contributed by atoms with E-state index in [4.69, 9.17) is 5.73 Å². The van der Waals surface area contributed by atoms with E-state index >= 15 is 0 Å². The molecular weight excluding hydrogens is 336 g/mol. The molecule has 0 radical (unpaired) electrons. The van der Waals surface area contributed by atoms with E-state index in [1.165, 1.54) is 11.3 Å². The van der Waals surface area contributed by atoms with Gasteiger partial charge in [0, 0.05) is 23.3 Å². The van der Waals surface area contributed by atoms with Crippen LogP contribution in [0.5, 0.6) is 0 Å². The van der Waals surface area contributed by atoms with Gasteiger partial charge >= 0.3 is 0 Å². The number of aromatic nitrogens is 2. The SMILES string of the molecule is NC(=O)C(NC(=O)Cc1csc(-c2cccnc2)n1)c1ccccc1. The number of hydrogen-bond acceptors (Lipinski definition) is 5. The lowest BCUT2D eigenvalue weighted by Crippen LogP contribution is -2.38. The number of carbonyl (C=O) groups excluding carboxylic acids is 2. The zero-order valence-corrected chi connectivity index (χ0v) is 14.1. The summed E-state index contributed by atoms with van der Waals surface area (Å²) < 4.78 is 0. The molecule has 0 saturated carbocycles. The van der Waals surface area contributed by atoms with Gasteiger partial charge in [-0.1, -0.05) is 30.3 Å². The largest absolute Gasteiger partial charge is 0.368 e. The fourth-order valence-electron chi connectivity index (χ4n) is 2.35. The molecule has 7 heteroatoms. The lowest BCUT2D eigenvalue weighted by molar-refractivity contribution is -0.127. The van der Waals surface area contributed by atoms with E-state index in [9.17, 15) is 9.59 Å². The molecule has 0 bridgehead atoms. The lowest BCUT2D eigenvalue weighted by atomic mass is 10.1. The highest BCUT2D eigenvalue weighted by molar-refractivity contribution is 7.13. The standard InChI is InChI=1S/C18H16N4O2S/c19-17(24)16(12-5-2-1-3-6-12)22-15(23)9-14-11-25-18(21-14)13-7-4-8-20-10-13/h1-8,10-11,16H,9H2,(H2,19,24)(H,22,23). The highest BCUT2D eigenvalue weighted by atomic mass is 32.1. The number of primary amides is 1. The molecule has 2 heterocycles. The molecule has 1 atom stereocenters. The molecule has 2 aromatic heterocycles. The molecule has 0 aliphatic carbocycles. The van der Waals surface area contributed by atoms with Crippen LogP contribution in [0.15, 0.2) is 60.2 Å². The van der Waals surface area contributed by atoms with Crippen LogP contribution in [0.1, 0.15) is 17.3 Å². The minimum atomic E-state index is -0.856. The van der Waals surface area contributed by atoms with Crippen molar-refractivity contribution in [3.8, 4) is 10.6 Å². The Morgan fingerprint density at radius 3 is 2.64 bits per heavy atom. The third-order valence-electron chi connectivity index (χ3n) is 3.52. The first-order valence-electron chi connectivity index (χ1n) is 7.62. The van der Waals surface area contributed by atoms with E-state index in [0.29, 0.717) is 11.3 Å². The number of nitrogens with one attached hydrogen (secondary N) is 1. The third-order valence-corrected chi connectivity index (χ3v) is 4.46. The van der Waals surface area contributed by atoms with Gasteiger partial charge in [0.25, 0.3) is 0 Å². The van der Waals surface area contributed by atoms with E-state index < -0.39 is 11.9 Å². The maximum atomic E-state index is 12.3. The Labute approximate surface area is 148 Å². The summed E-state index contributed by atoms with van der Waals surface area (Å²) >= 11 is 1.44. The van der Waals surface area contributed by atoms with Gasteiger partial charge in [-0.15, -0.1) is 11.3 Å². The molecule has 1 unspecified atom stereocenters. The number of benzene rings is 1. The zero-order chi connectivity index (χ0) is 17.6. The molecule has 1 aromatic carbocycles. The van der Waals surface area contributed by atoms with E-state index in [0.717, 1.165) is 10.6 Å². The molecule has 2 amide bonds. The Bertz CT molecular complexity index is 865. The molecular formula is C18H16N4O2S. The maximum Gasteiger partial charge on any atom is 0.244 e. The summed E-state index contributed by atoms with van der Waals surface area (Å²) in [4.78, 5) is 32.5. The van der Waals surface area contributed by atoms with Gasteiger partial charge in [-0.05, 0) is 17.7 Å². The minimum Gasteiger partial charge on any atom is -0.368 e. The summed E-state index contributed by atoms with van der Waals surface area (Å²) in [5.41, 5.74) is 7.61. The first kappa shape index (κ1) is 16.8. The molecule has 0 aliphatic rings. The number of hydrogen-bond donors (Lipinski definition) is 2. The number of nitrogens with two attached hydrogens (primary N) is 1. The van der Waals surface area contributed by atoms with Gasteiger partial charge in [-0.2, -0.15) is 0 Å². The van der Waals surface area contributed by atoms with Gasteiger partial charge in [-0.3, -0.25) is 14.6 Å². The number of thiazole rings is 1. The molecule has 6 nitrogen and oxygen atoms in total. The summed E-state index contributed by atoms with van der Waals surface area (Å²) in [5, 5.41) is 5.29. The number of rotatable bonds is 6. The predicted molar refractivity (Wildman–Crippen MR) is 95.6 cm³/mol. The predicted octanol–water partition coefficient (Wildman–Crippen LogP) is 2.09. The second-order valence-electron chi connectivity index (χ2n) is 5.38. The molecule has 0 spiro atoms. The number of nitrogens with zero attached hydrogens (tertiary/aromatic N) is 2. The average Bonchev–Trinajstić information content (AvgIpc) is 3.09. The van der Waals surface area contributed by atoms with Crippen molar-refractivity contribution in [3.05, 3.63) is 71.5 Å². The van der Waals surface area contributed by atoms with Crippen LogP contribution < -0.4 is 11.1 Å². The minimum absolute atomic E-state index is 0.0768. The molecule has 3 N–H and O–H groups in total. The highest BCUT2D eigenvalue weighted by Crippen LogP contribution is 2.23. The van der Waals surface area contributed by atoms with Crippen LogP contribution in [0.25, 0.3) is 10.6 Å². The Balaban J connectivity index is 1.68. The van der Waals surface area contributed by atoms with Gasteiger partial charge in [0.1, 0.15) is 11.0 Å². The van der Waals surface area contributed by atoms with Crippen LogP contribution in [0, 0.1) is 0 Å². The lowest BCUT2D eigenvalue weighted by Gasteiger charge is -2.15. The van der Waals surface area contributed by atoms with Crippen molar-refractivity contribution in [3.63, 3.8) is 0 Å².